The molecule has 0 unspecified atom stereocenters. The van der Waals surface area contributed by atoms with E-state index in [1.165, 1.54) is 277 Å². The van der Waals surface area contributed by atoms with Crippen LogP contribution in [0.25, 0.3) is 165 Å². The normalized spacial score (nSPS) is 13.5. The first-order chi connectivity index (χ1) is 65.2. The lowest BCUT2D eigenvalue weighted by Crippen LogP contribution is -2.17. The molecule has 0 bridgehead atoms. The van der Waals surface area contributed by atoms with E-state index in [0.717, 1.165) is 6.42 Å². The van der Waals surface area contributed by atoms with Crippen LogP contribution in [-0.2, 0) is 22.7 Å². The van der Waals surface area contributed by atoms with Crippen LogP contribution in [0.3, 0.4) is 0 Å². The molecule has 0 aliphatic heterocycles. The summed E-state index contributed by atoms with van der Waals surface area (Å²) in [7, 11) is 0. The third-order valence-corrected chi connectivity index (χ3v) is 30.2. The summed E-state index contributed by atoms with van der Waals surface area (Å²) in [4.78, 5) is 4.78. The van der Waals surface area contributed by atoms with Gasteiger partial charge in [0.05, 0.1) is 0 Å². The molecule has 0 amide bonds. The van der Waals surface area contributed by atoms with Gasteiger partial charge in [-0.15, -0.1) is 0 Å². The zero-order valence-corrected chi connectivity index (χ0v) is 78.2. The molecule has 642 valence electrons. The van der Waals surface area contributed by atoms with Crippen molar-refractivity contribution in [1.29, 1.82) is 0 Å². The second-order valence-corrected chi connectivity index (χ2v) is 39.8. The van der Waals surface area contributed by atoms with Gasteiger partial charge in [0.25, 0.3) is 0 Å². The molecule has 0 heterocycles. The highest BCUT2D eigenvalue weighted by molar-refractivity contribution is 6.34. The Labute approximate surface area is 787 Å². The number of hydrogen-bond acceptors (Lipinski definition) is 2. The van der Waals surface area contributed by atoms with Crippen molar-refractivity contribution in [2.45, 2.75) is 106 Å². The predicted molar refractivity (Wildman–Crippen MR) is 572 cm³/mol. The molecule has 26 rings (SSSR count). The summed E-state index contributed by atoms with van der Waals surface area (Å²) < 4.78 is 0. The van der Waals surface area contributed by atoms with Gasteiger partial charge in [0, 0.05) is 50.4 Å². The average Bonchev–Trinajstić information content (AvgIpc) is 1.42. The van der Waals surface area contributed by atoms with Gasteiger partial charge in [0.1, 0.15) is 0 Å². The lowest BCUT2D eigenvalue weighted by Gasteiger charge is -2.28. The van der Waals surface area contributed by atoms with Crippen LogP contribution in [0.15, 0.2) is 400 Å². The lowest BCUT2D eigenvalue weighted by molar-refractivity contribution is 0.652. The van der Waals surface area contributed by atoms with Gasteiger partial charge in [-0.3, -0.25) is 0 Å². The Kier molecular flexibility index (Phi) is 19.1. The van der Waals surface area contributed by atoms with Crippen LogP contribution < -0.4 is 9.80 Å². The molecule has 0 saturated carbocycles. The first-order valence-electron chi connectivity index (χ1n) is 47.6. The number of rotatable bonds is 10. The summed E-state index contributed by atoms with van der Waals surface area (Å²) in [5.74, 6) is 0. The van der Waals surface area contributed by atoms with Gasteiger partial charge in [0.2, 0.25) is 0 Å². The van der Waals surface area contributed by atoms with E-state index in [9.17, 15) is 0 Å². The van der Waals surface area contributed by atoms with Gasteiger partial charge >= 0.3 is 0 Å². The molecule has 2 nitrogen and oxygen atoms in total. The molecule has 0 N–H and O–H groups in total. The van der Waals surface area contributed by atoms with Crippen molar-refractivity contribution in [2.75, 3.05) is 9.80 Å². The first kappa shape index (κ1) is 81.7. The highest BCUT2D eigenvalue weighted by atomic mass is 15.1. The molecule has 21 aromatic rings. The molecule has 21 aromatic carbocycles. The Hall–Kier alpha value is -15.5. The maximum atomic E-state index is 2.56. The highest BCUT2D eigenvalue weighted by Gasteiger charge is 2.45. The maximum Gasteiger partial charge on any atom is 0.0465 e. The van der Waals surface area contributed by atoms with Gasteiger partial charge < -0.3 is 9.80 Å². The maximum absolute atomic E-state index is 2.56. The van der Waals surface area contributed by atoms with Crippen LogP contribution >= 0.6 is 0 Å². The molecular weight excluding hydrogens is 1610 g/mol. The largest absolute Gasteiger partial charge is 0.310 e. The molecule has 0 aromatic heterocycles. The van der Waals surface area contributed by atoms with Crippen LogP contribution in [-0.4, -0.2) is 0 Å². The third kappa shape index (κ3) is 13.0. The average molecular weight is 1720 g/mol. The Bertz CT molecular complexity index is 8140. The summed E-state index contributed by atoms with van der Waals surface area (Å²) in [6.07, 6.45) is 0.934. The van der Waals surface area contributed by atoms with Crippen molar-refractivity contribution >= 4 is 88.0 Å². The van der Waals surface area contributed by atoms with E-state index in [-0.39, 0.29) is 16.2 Å². The topological polar surface area (TPSA) is 6.48 Å². The number of nitrogens with zero attached hydrogens (tertiary/aromatic N) is 2. The quantitative estimate of drug-likeness (QED) is 0.126. The van der Waals surface area contributed by atoms with Crippen LogP contribution in [0.5, 0.6) is 0 Å². The fraction of sp³-hybridized carbons (Fsp3) is 0.121. The van der Waals surface area contributed by atoms with Crippen molar-refractivity contribution in [3.05, 3.63) is 478 Å². The fourth-order valence-corrected chi connectivity index (χ4v) is 23.5. The van der Waals surface area contributed by atoms with Gasteiger partial charge in [0.15, 0.2) is 0 Å². The van der Waals surface area contributed by atoms with E-state index >= 15 is 0 Å². The molecule has 0 saturated heterocycles. The Morgan fingerprint density at radius 1 is 0.179 bits per heavy atom. The molecule has 134 heavy (non-hydrogen) atoms. The van der Waals surface area contributed by atoms with Crippen LogP contribution in [0.1, 0.15) is 119 Å². The second-order valence-electron chi connectivity index (χ2n) is 39.8. The van der Waals surface area contributed by atoms with Crippen molar-refractivity contribution < 1.29 is 0 Å². The minimum atomic E-state index is -0.141. The van der Waals surface area contributed by atoms with Crippen molar-refractivity contribution in [3.8, 4) is 111 Å². The molecule has 5 aliphatic carbocycles. The van der Waals surface area contributed by atoms with E-state index in [0.29, 0.717) is 0 Å². The third-order valence-electron chi connectivity index (χ3n) is 30.2. The highest BCUT2D eigenvalue weighted by Crippen LogP contribution is 2.63. The summed E-state index contributed by atoms with van der Waals surface area (Å²) in [5.41, 5.74) is 52.6. The Morgan fingerprint density at radius 2 is 0.530 bits per heavy atom. The summed E-state index contributed by atoms with van der Waals surface area (Å²) in [6.45, 7) is 27.5. The second kappa shape index (κ2) is 31.4. The molecule has 0 atom stereocenters. The van der Waals surface area contributed by atoms with Crippen molar-refractivity contribution in [1.82, 2.24) is 0 Å². The smallest absolute Gasteiger partial charge is 0.0465 e. The van der Waals surface area contributed by atoms with E-state index in [1.54, 1.807) is 0 Å². The van der Waals surface area contributed by atoms with Gasteiger partial charge in [-0.1, -0.05) is 372 Å². The zero-order chi connectivity index (χ0) is 90.9. The lowest BCUT2D eigenvalue weighted by atomic mass is 9.77. The number of fused-ring (bicyclic) bond motifs is 21. The van der Waals surface area contributed by atoms with E-state index in [1.807, 2.05) is 0 Å². The molecule has 0 spiro atoms. The number of anilines is 6. The van der Waals surface area contributed by atoms with Crippen molar-refractivity contribution in [2.24, 2.45) is 0 Å². The number of aryl methyl sites for hydroxylation is 6. The van der Waals surface area contributed by atoms with Gasteiger partial charge in [-0.2, -0.15) is 0 Å². The van der Waals surface area contributed by atoms with Crippen LogP contribution in [0, 0.1) is 41.5 Å². The molecule has 0 fully saturated rings. The van der Waals surface area contributed by atoms with Crippen molar-refractivity contribution in [3.63, 3.8) is 0 Å². The van der Waals surface area contributed by atoms with Crippen LogP contribution in [0.2, 0.25) is 0 Å². The summed E-state index contributed by atoms with van der Waals surface area (Å²) >= 11 is 0. The predicted octanol–water partition coefficient (Wildman–Crippen LogP) is 36.4. The Morgan fingerprint density at radius 3 is 1.02 bits per heavy atom. The monoisotopic (exact) mass is 1720 g/mol. The standard InChI is InChI=1S/C50H44N2.C44H32.C38H28/c1-32-7-15-38(16-8-32)51(39-17-9-33(2)10-18-39)42-23-25-44-36(28-42)27-37-29-47-45-26-24-43(30-48(45)50(5,6)49(47)31-46(37)44)52(40-19-11-34(3)12-20-40)41-21-13-35(4)14-22-41;1-29-23-25-35-37(27-29)41(33-19-11-5-12-20-33)43-40(32-17-9-4-10-18-32)36-26-24-30(2)28-38(36)42(34-21-13-6-14-22-34)44(43)39(35)31-15-7-3-8-16-31;1-37(2)30-17-16-21-10-5-6-11-22(21)35(30)28-19-32-29(20-31(28)37)36-26-15-9-14-25-23-12-7-8-13-24(23)27(34(25)26)18-33(36)38(32,3)4/h7-26,28-31H,27H2,1-6H3;3-28H,1-2H3;5-20H,1-4H3. The SMILES string of the molecule is CC1(C)c2cc3c(cc2-c2c1ccc1ccccc21)C(C)(C)c1cc2c4c(cccc4c1-3)-c1ccccc1-2.Cc1ccc(N(c2ccc(C)cc2)c2ccc3c(c2)Cc2cc4c(cc2-3)C(C)(C)c2cc(N(c3ccc(C)cc3)c3ccc(C)cc3)ccc2-4)cc1.Cc1ccc2c(-c3ccccc3)c3c(-c4ccccc4)c4cc(C)ccc4c(-c4ccccc4)c3c(-c3ccccc3)c2c1. The first-order valence-corrected chi connectivity index (χ1v) is 47.6. The minimum absolute atomic E-state index is 0.0400. The van der Waals surface area contributed by atoms with E-state index in [2.05, 4.69) is 493 Å². The molecule has 2 heteroatoms. The number of hydrogen-bond donors (Lipinski definition) is 0. The fourth-order valence-electron chi connectivity index (χ4n) is 23.5. The Balaban J connectivity index is 0.000000112. The summed E-state index contributed by atoms with van der Waals surface area (Å²) in [6, 6.07) is 150. The van der Waals surface area contributed by atoms with E-state index < -0.39 is 0 Å². The van der Waals surface area contributed by atoms with Gasteiger partial charge in [-0.25, -0.2) is 0 Å². The van der Waals surface area contributed by atoms with Gasteiger partial charge in [-0.05, 0) is 361 Å². The van der Waals surface area contributed by atoms with E-state index in [4.69, 9.17) is 0 Å². The molecule has 5 aliphatic rings. The van der Waals surface area contributed by atoms with Crippen LogP contribution in [0.4, 0.5) is 34.1 Å². The molecule has 0 radical (unpaired) electrons. The number of benzene rings is 21. The molecular formula is C132H104N2. The summed E-state index contributed by atoms with van der Waals surface area (Å²) in [5, 5.41) is 13.2. The zero-order valence-electron chi connectivity index (χ0n) is 78.2. The minimum Gasteiger partial charge on any atom is -0.310 e.